The molecule has 134 valence electrons. The van der Waals surface area contributed by atoms with Gasteiger partial charge in [-0.05, 0) is 0 Å². The zero-order valence-electron chi connectivity index (χ0n) is 14.7. The van der Waals surface area contributed by atoms with E-state index in [1.165, 1.54) is 0 Å². The van der Waals surface area contributed by atoms with E-state index in [2.05, 4.69) is 32.7 Å². The quantitative estimate of drug-likeness (QED) is 0.0978. The number of alkyl halides is 2. The Kier molecular flexibility index (Phi) is 9.90. The molecule has 0 aliphatic heterocycles. The molecule has 0 unspecified atom stereocenters. The van der Waals surface area contributed by atoms with Gasteiger partial charge in [0.05, 0.1) is 0 Å². The summed E-state index contributed by atoms with van der Waals surface area (Å²) >= 11 is -2.12. The monoisotopic (exact) mass is 466 g/mol. The minimum absolute atomic E-state index is 0.0967. The number of carbonyl (C=O) groups excluding carboxylic acids is 1. The van der Waals surface area contributed by atoms with Crippen molar-refractivity contribution >= 4 is 39.1 Å². The summed E-state index contributed by atoms with van der Waals surface area (Å²) < 4.78 is 15.9. The maximum absolute atomic E-state index is 11.4. The third kappa shape index (κ3) is 10.3. The van der Waals surface area contributed by atoms with Crippen molar-refractivity contribution in [2.24, 2.45) is 0 Å². The third-order valence-corrected chi connectivity index (χ3v) is 25.5. The van der Waals surface area contributed by atoms with Crippen molar-refractivity contribution < 1.29 is 28.6 Å². The van der Waals surface area contributed by atoms with E-state index in [-0.39, 0.29) is 12.7 Å². The van der Waals surface area contributed by atoms with E-state index in [0.717, 1.165) is 0 Å². The fourth-order valence-corrected chi connectivity index (χ4v) is 27.3. The Hall–Kier alpha value is 0.474. The van der Waals surface area contributed by atoms with Crippen LogP contribution in [0.2, 0.25) is 32.7 Å². The second-order valence-electron chi connectivity index (χ2n) is 6.57. The first kappa shape index (κ1) is 22.5. The molecule has 2 N–H and O–H groups in total. The number of aliphatic hydroxyl groups excluding tert-OH is 1. The summed E-state index contributed by atoms with van der Waals surface area (Å²) in [5.41, 5.74) is 0. The van der Waals surface area contributed by atoms with Crippen LogP contribution in [-0.4, -0.2) is 58.4 Å². The molecule has 9 heteroatoms. The van der Waals surface area contributed by atoms with E-state index in [4.69, 9.17) is 13.6 Å². The predicted molar refractivity (Wildman–Crippen MR) is 101 cm³/mol. The SMILES string of the molecule is CC(C)OC(=O)COCCI(C(O)O)[Si](C)(C)O[Si](C)(C)C. The molecule has 0 atom stereocenters. The van der Waals surface area contributed by atoms with E-state index in [9.17, 15) is 15.0 Å². The van der Waals surface area contributed by atoms with Gasteiger partial charge in [0, 0.05) is 0 Å². The Labute approximate surface area is 142 Å². The molecule has 0 radical (unpaired) electrons. The second kappa shape index (κ2) is 9.69. The molecule has 0 rings (SSSR count). The van der Waals surface area contributed by atoms with Crippen molar-refractivity contribution in [1.82, 2.24) is 0 Å². The molecular weight excluding hydrogens is 435 g/mol. The van der Waals surface area contributed by atoms with Crippen LogP contribution in [-0.2, 0) is 18.4 Å². The van der Waals surface area contributed by atoms with Gasteiger partial charge in [0.25, 0.3) is 0 Å². The first-order valence-electron chi connectivity index (χ1n) is 7.33. The van der Waals surface area contributed by atoms with Gasteiger partial charge in [-0.1, -0.05) is 0 Å². The Balaban J connectivity index is 4.40. The molecule has 0 aromatic rings. The van der Waals surface area contributed by atoms with Crippen LogP contribution in [0.4, 0.5) is 0 Å². The summed E-state index contributed by atoms with van der Waals surface area (Å²) in [5.74, 6) is -2.51. The molecule has 0 aromatic carbocycles. The number of rotatable bonds is 10. The fourth-order valence-electron chi connectivity index (χ4n) is 1.93. The van der Waals surface area contributed by atoms with Gasteiger partial charge in [0.1, 0.15) is 0 Å². The van der Waals surface area contributed by atoms with Crippen LogP contribution in [0, 0.1) is 0 Å². The summed E-state index contributed by atoms with van der Waals surface area (Å²) in [5, 5.41) is 19.4. The summed E-state index contributed by atoms with van der Waals surface area (Å²) in [6.45, 7) is 14.2. The van der Waals surface area contributed by atoms with Crippen LogP contribution < -0.4 is 0 Å². The number of esters is 1. The van der Waals surface area contributed by atoms with Gasteiger partial charge in [-0.15, -0.1) is 0 Å². The van der Waals surface area contributed by atoms with E-state index in [0.29, 0.717) is 11.0 Å². The van der Waals surface area contributed by atoms with Gasteiger partial charge in [0.15, 0.2) is 0 Å². The van der Waals surface area contributed by atoms with Crippen LogP contribution in [0.3, 0.4) is 0 Å². The van der Waals surface area contributed by atoms with Crippen molar-refractivity contribution in [1.29, 1.82) is 0 Å². The van der Waals surface area contributed by atoms with E-state index in [1.807, 2.05) is 0 Å². The Morgan fingerprint density at radius 1 is 1.14 bits per heavy atom. The van der Waals surface area contributed by atoms with Crippen molar-refractivity contribution in [3.63, 3.8) is 0 Å². The molecule has 0 aliphatic carbocycles. The zero-order valence-corrected chi connectivity index (χ0v) is 18.8. The van der Waals surface area contributed by atoms with Gasteiger partial charge in [0.2, 0.25) is 0 Å². The summed E-state index contributed by atoms with van der Waals surface area (Å²) in [6, 6.07) is 0. The summed E-state index contributed by atoms with van der Waals surface area (Å²) in [4.78, 5) is 11.4. The van der Waals surface area contributed by atoms with Crippen LogP contribution in [0.15, 0.2) is 0 Å². The summed E-state index contributed by atoms with van der Waals surface area (Å²) in [6.07, 6.45) is -0.157. The molecule has 0 amide bonds. The summed E-state index contributed by atoms with van der Waals surface area (Å²) in [7, 11) is -1.72. The zero-order chi connectivity index (χ0) is 17.6. The fraction of sp³-hybridized carbons (Fsp3) is 0.923. The molecule has 0 fully saturated rings. The molecule has 0 saturated carbocycles. The molecule has 0 aromatic heterocycles. The van der Waals surface area contributed by atoms with E-state index in [1.54, 1.807) is 13.8 Å². The Morgan fingerprint density at radius 3 is 2.09 bits per heavy atom. The molecule has 0 saturated heterocycles. The van der Waals surface area contributed by atoms with Crippen LogP contribution in [0.25, 0.3) is 0 Å². The second-order valence-corrected chi connectivity index (χ2v) is 29.8. The topological polar surface area (TPSA) is 85.2 Å². The Morgan fingerprint density at radius 2 is 1.68 bits per heavy atom. The first-order chi connectivity index (χ1) is 9.85. The normalized spacial score (nSPS) is 13.7. The standard InChI is InChI=1S/C13H31IO6Si2/c1-11(2)19-12(15)10-18-9-8-14(13(16)17)22(6,7)20-21(3,4)5/h11,13,16-17H,8-10H2,1-7H3. The van der Waals surface area contributed by atoms with Crippen molar-refractivity contribution in [3.8, 4) is 0 Å². The van der Waals surface area contributed by atoms with E-state index >= 15 is 0 Å². The average Bonchev–Trinajstić information content (AvgIpc) is 2.22. The first-order valence-corrected chi connectivity index (χ1v) is 19.5. The van der Waals surface area contributed by atoms with Gasteiger partial charge in [-0.25, -0.2) is 0 Å². The molecule has 0 aliphatic rings. The van der Waals surface area contributed by atoms with Crippen molar-refractivity contribution in [3.05, 3.63) is 0 Å². The molecule has 0 bridgehead atoms. The minimum atomic E-state index is -2.12. The van der Waals surface area contributed by atoms with Crippen LogP contribution in [0.1, 0.15) is 13.8 Å². The number of aliphatic hydroxyl groups is 2. The number of carbonyl (C=O) groups is 1. The molecule has 22 heavy (non-hydrogen) atoms. The van der Waals surface area contributed by atoms with Crippen molar-refractivity contribution in [2.45, 2.75) is 57.0 Å². The van der Waals surface area contributed by atoms with Crippen LogP contribution >= 0.6 is 19.0 Å². The molecular formula is C13H31IO6Si2. The van der Waals surface area contributed by atoms with Gasteiger partial charge < -0.3 is 0 Å². The molecule has 0 spiro atoms. The van der Waals surface area contributed by atoms with Crippen molar-refractivity contribution in [2.75, 3.05) is 17.6 Å². The molecule has 6 nitrogen and oxygen atoms in total. The number of ether oxygens (including phenoxy) is 2. The number of hydrogen-bond donors (Lipinski definition) is 2. The van der Waals surface area contributed by atoms with Gasteiger partial charge >= 0.3 is 142 Å². The predicted octanol–water partition coefficient (Wildman–Crippen LogP) is 2.28. The van der Waals surface area contributed by atoms with E-state index < -0.39 is 43.4 Å². The van der Waals surface area contributed by atoms with Gasteiger partial charge in [-0.3, -0.25) is 0 Å². The number of hydrogen-bond acceptors (Lipinski definition) is 6. The van der Waals surface area contributed by atoms with Gasteiger partial charge in [-0.2, -0.15) is 0 Å². The molecule has 0 heterocycles. The third-order valence-electron chi connectivity index (χ3n) is 2.38. The maximum atomic E-state index is 11.4. The number of halogens is 1. The van der Waals surface area contributed by atoms with Crippen LogP contribution in [0.5, 0.6) is 0 Å². The average molecular weight is 466 g/mol. The Bertz CT molecular complexity index is 344.